The number of pyridine rings is 1. The summed E-state index contributed by atoms with van der Waals surface area (Å²) in [5, 5.41) is 2.09. The van der Waals surface area contributed by atoms with Crippen LogP contribution in [0, 0.1) is 23.3 Å². The van der Waals surface area contributed by atoms with E-state index in [1.807, 2.05) is 0 Å². The van der Waals surface area contributed by atoms with E-state index in [0.29, 0.717) is 30.6 Å². The summed E-state index contributed by atoms with van der Waals surface area (Å²) in [7, 11) is 1.10. The minimum atomic E-state index is -4.82. The number of hydrogen-bond donors (Lipinski definition) is 1. The van der Waals surface area contributed by atoms with Crippen molar-refractivity contribution >= 4 is 23.0 Å². The molecule has 0 unspecified atom stereocenters. The molecule has 0 aliphatic rings. The lowest BCUT2D eigenvalue weighted by molar-refractivity contribution is -0.137. The van der Waals surface area contributed by atoms with Crippen LogP contribution in [0.15, 0.2) is 48.8 Å². The summed E-state index contributed by atoms with van der Waals surface area (Å²) in [6.07, 6.45) is -3.58. The average molecular weight is 443 g/mol. The predicted octanol–water partition coefficient (Wildman–Crippen LogP) is 5.68. The standard InChI is InChI=1S/C20H12F7N3O/c1-30(17-6-10(21)2-4-12(17)20(25,26)27)16-5-3-11(7-13(16)22)29-19(31)18-14(23)8-28-9-15(18)24/h2-9H,1H3,(H,29,31). The van der Waals surface area contributed by atoms with E-state index in [1.54, 1.807) is 0 Å². The van der Waals surface area contributed by atoms with Crippen LogP contribution in [0.1, 0.15) is 15.9 Å². The number of nitrogens with zero attached hydrogens (tertiary/aromatic N) is 2. The van der Waals surface area contributed by atoms with Gasteiger partial charge in [0.05, 0.1) is 29.3 Å². The third kappa shape index (κ3) is 4.60. The number of halogens is 7. The van der Waals surface area contributed by atoms with E-state index in [1.165, 1.54) is 0 Å². The lowest BCUT2D eigenvalue weighted by atomic mass is 10.1. The molecule has 0 bridgehead atoms. The summed E-state index contributed by atoms with van der Waals surface area (Å²) < 4.78 is 95.1. The number of amides is 1. The summed E-state index contributed by atoms with van der Waals surface area (Å²) in [6.45, 7) is 0. The smallest absolute Gasteiger partial charge is 0.342 e. The molecule has 0 saturated heterocycles. The molecule has 0 fully saturated rings. The number of aromatic nitrogens is 1. The van der Waals surface area contributed by atoms with Crippen LogP contribution in [0.4, 0.5) is 47.8 Å². The second-order valence-corrected chi connectivity index (χ2v) is 6.32. The molecule has 1 N–H and O–H groups in total. The molecule has 3 aromatic rings. The molecule has 3 rings (SSSR count). The van der Waals surface area contributed by atoms with Crippen LogP contribution in [0.2, 0.25) is 0 Å². The maximum Gasteiger partial charge on any atom is 0.418 e. The molecule has 0 spiro atoms. The second kappa shape index (κ2) is 8.25. The molecule has 2 aromatic carbocycles. The molecule has 0 aliphatic heterocycles. The predicted molar refractivity (Wildman–Crippen MR) is 98.0 cm³/mol. The molecule has 11 heteroatoms. The molecule has 0 atom stereocenters. The Balaban J connectivity index is 1.91. The minimum absolute atomic E-state index is 0.217. The molecule has 0 aliphatic carbocycles. The van der Waals surface area contributed by atoms with Crippen molar-refractivity contribution in [1.82, 2.24) is 4.98 Å². The van der Waals surface area contributed by atoms with Gasteiger partial charge in [-0.2, -0.15) is 13.2 Å². The zero-order valence-corrected chi connectivity index (χ0v) is 15.6. The first kappa shape index (κ1) is 22.1. The number of rotatable bonds is 4. The van der Waals surface area contributed by atoms with Crippen LogP contribution in [0.3, 0.4) is 0 Å². The van der Waals surface area contributed by atoms with E-state index in [0.717, 1.165) is 30.1 Å². The summed E-state index contributed by atoms with van der Waals surface area (Å²) in [5.74, 6) is -5.73. The molecule has 31 heavy (non-hydrogen) atoms. The summed E-state index contributed by atoms with van der Waals surface area (Å²) in [6, 6.07) is 4.64. The molecule has 1 amide bonds. The van der Waals surface area contributed by atoms with Crippen molar-refractivity contribution in [2.24, 2.45) is 0 Å². The molecule has 0 saturated carbocycles. The number of hydrogen-bond acceptors (Lipinski definition) is 3. The lowest BCUT2D eigenvalue weighted by Crippen LogP contribution is -2.19. The van der Waals surface area contributed by atoms with Gasteiger partial charge in [0.2, 0.25) is 0 Å². The van der Waals surface area contributed by atoms with Crippen molar-refractivity contribution in [3.63, 3.8) is 0 Å². The van der Waals surface area contributed by atoms with Crippen molar-refractivity contribution in [3.8, 4) is 0 Å². The van der Waals surface area contributed by atoms with E-state index >= 15 is 0 Å². The van der Waals surface area contributed by atoms with Crippen LogP contribution in [-0.2, 0) is 6.18 Å². The highest BCUT2D eigenvalue weighted by atomic mass is 19.4. The van der Waals surface area contributed by atoms with Gasteiger partial charge in [0.25, 0.3) is 5.91 Å². The van der Waals surface area contributed by atoms with Crippen LogP contribution in [-0.4, -0.2) is 17.9 Å². The Morgan fingerprint density at radius 2 is 1.55 bits per heavy atom. The SMILES string of the molecule is CN(c1ccc(NC(=O)c2c(F)cncc2F)cc1F)c1cc(F)ccc1C(F)(F)F. The van der Waals surface area contributed by atoms with Crippen LogP contribution in [0.25, 0.3) is 0 Å². The Kier molecular flexibility index (Phi) is 5.87. The monoisotopic (exact) mass is 443 g/mol. The van der Waals surface area contributed by atoms with Gasteiger partial charge in [0.1, 0.15) is 17.2 Å². The van der Waals surface area contributed by atoms with Gasteiger partial charge in [0, 0.05) is 12.7 Å². The van der Waals surface area contributed by atoms with Crippen molar-refractivity contribution in [2.45, 2.75) is 6.18 Å². The molecule has 0 radical (unpaired) electrons. The number of anilines is 3. The fraction of sp³-hybridized carbons (Fsp3) is 0.100. The highest BCUT2D eigenvalue weighted by Crippen LogP contribution is 2.39. The summed E-state index contributed by atoms with van der Waals surface area (Å²) in [4.78, 5) is 16.1. The van der Waals surface area contributed by atoms with Crippen LogP contribution in [0.5, 0.6) is 0 Å². The highest BCUT2D eigenvalue weighted by Gasteiger charge is 2.35. The third-order valence-electron chi connectivity index (χ3n) is 4.27. The van der Waals surface area contributed by atoms with Crippen LogP contribution >= 0.6 is 0 Å². The average Bonchev–Trinajstić information content (AvgIpc) is 2.66. The van der Waals surface area contributed by atoms with E-state index in [-0.39, 0.29) is 11.4 Å². The molecule has 162 valence electrons. The van der Waals surface area contributed by atoms with Gasteiger partial charge in [-0.05, 0) is 36.4 Å². The van der Waals surface area contributed by atoms with Crippen molar-refractivity contribution < 1.29 is 35.5 Å². The van der Waals surface area contributed by atoms with Gasteiger partial charge in [0.15, 0.2) is 11.6 Å². The van der Waals surface area contributed by atoms with Gasteiger partial charge < -0.3 is 10.2 Å². The van der Waals surface area contributed by atoms with Crippen molar-refractivity contribution in [2.75, 3.05) is 17.3 Å². The fourth-order valence-electron chi connectivity index (χ4n) is 2.83. The van der Waals surface area contributed by atoms with Gasteiger partial charge >= 0.3 is 6.18 Å². The Morgan fingerprint density at radius 3 is 2.13 bits per heavy atom. The van der Waals surface area contributed by atoms with Crippen molar-refractivity contribution in [3.05, 3.63) is 83.2 Å². The Morgan fingerprint density at radius 1 is 0.903 bits per heavy atom. The first-order chi connectivity index (χ1) is 14.5. The number of nitrogens with one attached hydrogen (secondary N) is 1. The number of carbonyl (C=O) groups excluding carboxylic acids is 1. The number of alkyl halides is 3. The normalized spacial score (nSPS) is 11.4. The summed E-state index contributed by atoms with van der Waals surface area (Å²) in [5.41, 5.74) is -3.34. The molecular weight excluding hydrogens is 431 g/mol. The first-order valence-corrected chi connectivity index (χ1v) is 8.49. The largest absolute Gasteiger partial charge is 0.418 e. The topological polar surface area (TPSA) is 45.2 Å². The quantitative estimate of drug-likeness (QED) is 0.528. The lowest BCUT2D eigenvalue weighted by Gasteiger charge is -2.24. The van der Waals surface area contributed by atoms with Gasteiger partial charge in [-0.1, -0.05) is 0 Å². The Hall–Kier alpha value is -3.63. The zero-order chi connectivity index (χ0) is 22.9. The maximum absolute atomic E-state index is 14.6. The Labute approximate surface area is 170 Å². The molecule has 4 nitrogen and oxygen atoms in total. The van der Waals surface area contributed by atoms with E-state index < -0.39 is 52.2 Å². The molecular formula is C20H12F7N3O. The minimum Gasteiger partial charge on any atom is -0.342 e. The second-order valence-electron chi connectivity index (χ2n) is 6.32. The van der Waals surface area contributed by atoms with Gasteiger partial charge in [-0.25, -0.2) is 17.6 Å². The van der Waals surface area contributed by atoms with E-state index in [2.05, 4.69) is 10.3 Å². The summed E-state index contributed by atoms with van der Waals surface area (Å²) >= 11 is 0. The number of carbonyl (C=O) groups is 1. The van der Waals surface area contributed by atoms with E-state index in [4.69, 9.17) is 0 Å². The van der Waals surface area contributed by atoms with Gasteiger partial charge in [-0.3, -0.25) is 9.78 Å². The third-order valence-corrected chi connectivity index (χ3v) is 4.27. The maximum atomic E-state index is 14.6. The number of benzene rings is 2. The highest BCUT2D eigenvalue weighted by molar-refractivity contribution is 6.04. The molecule has 1 aromatic heterocycles. The van der Waals surface area contributed by atoms with Gasteiger partial charge in [-0.15, -0.1) is 0 Å². The van der Waals surface area contributed by atoms with Crippen molar-refractivity contribution in [1.29, 1.82) is 0 Å². The van der Waals surface area contributed by atoms with E-state index in [9.17, 15) is 35.5 Å². The molecule has 1 heterocycles. The zero-order valence-electron chi connectivity index (χ0n) is 15.6. The fourth-order valence-corrected chi connectivity index (χ4v) is 2.83. The van der Waals surface area contributed by atoms with Crippen LogP contribution < -0.4 is 10.2 Å². The first-order valence-electron chi connectivity index (χ1n) is 8.49. The Bertz CT molecular complexity index is 1130.